The Hall–Kier alpha value is -1.40. The largest absolute Gasteiger partial charge is 0.478 e. The van der Waals surface area contributed by atoms with E-state index in [1.54, 1.807) is 12.1 Å². The van der Waals surface area contributed by atoms with Crippen molar-refractivity contribution in [1.29, 1.82) is 0 Å². The molecular formula is C13H11BrN2O2S. The lowest BCUT2D eigenvalue weighted by Crippen LogP contribution is -1.97. The van der Waals surface area contributed by atoms with Crippen LogP contribution in [0.15, 0.2) is 45.0 Å². The normalized spacial score (nSPS) is 10.4. The Kier molecular flexibility index (Phi) is 4.55. The smallest absolute Gasteiger partial charge is 0.336 e. The van der Waals surface area contributed by atoms with Crippen molar-refractivity contribution in [3.63, 3.8) is 0 Å². The molecule has 1 aromatic carbocycles. The summed E-state index contributed by atoms with van der Waals surface area (Å²) in [6.45, 7) is 2.03. The molecule has 0 radical (unpaired) electrons. The third-order valence-electron chi connectivity index (χ3n) is 2.45. The molecule has 0 aliphatic heterocycles. The average molecular weight is 339 g/mol. The lowest BCUT2D eigenvalue weighted by Gasteiger charge is -2.05. The number of halogens is 1. The summed E-state index contributed by atoms with van der Waals surface area (Å²) < 4.78 is 0.571. The van der Waals surface area contributed by atoms with Crippen LogP contribution < -0.4 is 0 Å². The van der Waals surface area contributed by atoms with Crippen molar-refractivity contribution in [2.75, 3.05) is 0 Å². The van der Waals surface area contributed by atoms with Crippen LogP contribution in [0.4, 0.5) is 0 Å². The van der Waals surface area contributed by atoms with Crippen LogP contribution in [0, 0.1) is 0 Å². The van der Waals surface area contributed by atoms with E-state index in [0.29, 0.717) is 4.47 Å². The van der Waals surface area contributed by atoms with Gasteiger partial charge < -0.3 is 5.11 Å². The number of carboxylic acids is 1. The molecule has 0 saturated carbocycles. The fourth-order valence-corrected chi connectivity index (χ4v) is 2.74. The van der Waals surface area contributed by atoms with Crippen LogP contribution in [-0.2, 0) is 6.42 Å². The number of nitrogens with zero attached hydrogens (tertiary/aromatic N) is 2. The molecule has 6 heteroatoms. The molecule has 0 spiro atoms. The van der Waals surface area contributed by atoms with E-state index in [2.05, 4.69) is 25.9 Å². The van der Waals surface area contributed by atoms with Gasteiger partial charge in [-0.3, -0.25) is 0 Å². The van der Waals surface area contributed by atoms with Crippen LogP contribution in [0.5, 0.6) is 0 Å². The zero-order valence-corrected chi connectivity index (χ0v) is 12.5. The van der Waals surface area contributed by atoms with Gasteiger partial charge in [0.2, 0.25) is 0 Å². The molecule has 2 rings (SSSR count). The molecule has 0 unspecified atom stereocenters. The quantitative estimate of drug-likeness (QED) is 0.862. The van der Waals surface area contributed by atoms with Gasteiger partial charge in [-0.25, -0.2) is 14.8 Å². The van der Waals surface area contributed by atoms with Crippen LogP contribution in [0.3, 0.4) is 0 Å². The van der Waals surface area contributed by atoms with E-state index in [1.165, 1.54) is 18.1 Å². The van der Waals surface area contributed by atoms with E-state index in [4.69, 9.17) is 5.11 Å². The first-order valence-corrected chi connectivity index (χ1v) is 7.22. The van der Waals surface area contributed by atoms with Gasteiger partial charge in [-0.05, 0) is 46.6 Å². The Labute approximate surface area is 123 Å². The first-order chi connectivity index (χ1) is 9.10. The summed E-state index contributed by atoms with van der Waals surface area (Å²) in [4.78, 5) is 20.2. The van der Waals surface area contributed by atoms with E-state index >= 15 is 0 Å². The summed E-state index contributed by atoms with van der Waals surface area (Å²) in [6.07, 6.45) is 2.37. The molecule has 0 amide bonds. The van der Waals surface area contributed by atoms with Crippen molar-refractivity contribution in [1.82, 2.24) is 9.97 Å². The van der Waals surface area contributed by atoms with Crippen molar-refractivity contribution in [2.24, 2.45) is 0 Å². The SMILES string of the molecule is CCc1cc(Sc2ccc(Br)c(C(=O)O)c2)ncn1. The summed E-state index contributed by atoms with van der Waals surface area (Å²) in [7, 11) is 0. The maximum atomic E-state index is 11.1. The molecule has 0 bridgehead atoms. The Morgan fingerprint density at radius 3 is 2.84 bits per heavy atom. The number of aromatic carboxylic acids is 1. The van der Waals surface area contributed by atoms with E-state index < -0.39 is 5.97 Å². The predicted molar refractivity (Wildman–Crippen MR) is 76.6 cm³/mol. The van der Waals surface area contributed by atoms with Gasteiger partial charge in [-0.1, -0.05) is 18.7 Å². The number of carbonyl (C=O) groups is 1. The highest BCUT2D eigenvalue weighted by Gasteiger charge is 2.10. The van der Waals surface area contributed by atoms with E-state index in [0.717, 1.165) is 22.0 Å². The molecule has 19 heavy (non-hydrogen) atoms. The number of carboxylic acid groups (broad SMARTS) is 1. The Morgan fingerprint density at radius 1 is 1.37 bits per heavy atom. The second-order valence-corrected chi connectivity index (χ2v) is 5.70. The van der Waals surface area contributed by atoms with Crippen LogP contribution in [0.25, 0.3) is 0 Å². The van der Waals surface area contributed by atoms with Crippen molar-refractivity contribution in [2.45, 2.75) is 23.3 Å². The molecule has 98 valence electrons. The number of aromatic nitrogens is 2. The van der Waals surface area contributed by atoms with Gasteiger partial charge in [0.1, 0.15) is 11.4 Å². The molecule has 1 aromatic heterocycles. The maximum Gasteiger partial charge on any atom is 0.336 e. The van der Waals surface area contributed by atoms with Crippen molar-refractivity contribution in [3.8, 4) is 0 Å². The minimum absolute atomic E-state index is 0.245. The van der Waals surface area contributed by atoms with E-state index in [1.807, 2.05) is 19.1 Å². The maximum absolute atomic E-state index is 11.1. The fraction of sp³-hybridized carbons (Fsp3) is 0.154. The number of aryl methyl sites for hydroxylation is 1. The van der Waals surface area contributed by atoms with Gasteiger partial charge in [0, 0.05) is 15.1 Å². The first-order valence-electron chi connectivity index (χ1n) is 5.61. The molecule has 0 saturated heterocycles. The Balaban J connectivity index is 2.28. The summed E-state index contributed by atoms with van der Waals surface area (Å²) >= 11 is 4.65. The summed E-state index contributed by atoms with van der Waals surface area (Å²) in [6, 6.07) is 7.13. The first kappa shape index (κ1) is 14.0. The molecule has 0 atom stereocenters. The number of rotatable bonds is 4. The fourth-order valence-electron chi connectivity index (χ4n) is 1.48. The van der Waals surface area contributed by atoms with Gasteiger partial charge in [0.25, 0.3) is 0 Å². The third-order valence-corrected chi connectivity index (χ3v) is 4.07. The van der Waals surface area contributed by atoms with Gasteiger partial charge in [-0.15, -0.1) is 0 Å². The average Bonchev–Trinajstić information content (AvgIpc) is 2.41. The lowest BCUT2D eigenvalue weighted by molar-refractivity contribution is 0.0695. The minimum Gasteiger partial charge on any atom is -0.478 e. The molecule has 2 aromatic rings. The third kappa shape index (κ3) is 3.54. The topological polar surface area (TPSA) is 63.1 Å². The molecule has 0 aliphatic rings. The molecule has 0 fully saturated rings. The van der Waals surface area contributed by atoms with Crippen molar-refractivity contribution < 1.29 is 9.90 Å². The Bertz CT molecular complexity index is 619. The zero-order chi connectivity index (χ0) is 13.8. The molecule has 1 heterocycles. The number of benzene rings is 1. The Morgan fingerprint density at radius 2 is 2.16 bits per heavy atom. The van der Waals surface area contributed by atoms with E-state index in [9.17, 15) is 4.79 Å². The summed E-state index contributed by atoms with van der Waals surface area (Å²) in [5.74, 6) is -0.953. The molecule has 4 nitrogen and oxygen atoms in total. The molecule has 0 aliphatic carbocycles. The highest BCUT2D eigenvalue weighted by Crippen LogP contribution is 2.29. The highest BCUT2D eigenvalue weighted by atomic mass is 79.9. The van der Waals surface area contributed by atoms with Crippen LogP contribution in [0.1, 0.15) is 23.0 Å². The lowest BCUT2D eigenvalue weighted by atomic mass is 10.2. The number of hydrogen-bond donors (Lipinski definition) is 1. The second-order valence-electron chi connectivity index (χ2n) is 3.75. The second kappa shape index (κ2) is 6.16. The highest BCUT2D eigenvalue weighted by molar-refractivity contribution is 9.10. The van der Waals surface area contributed by atoms with Crippen LogP contribution in [-0.4, -0.2) is 21.0 Å². The standard InChI is InChI=1S/C13H11BrN2O2S/c1-2-8-5-12(16-7-15-8)19-9-3-4-11(14)10(6-9)13(17)18/h3-7H,2H2,1H3,(H,17,18). The van der Waals surface area contributed by atoms with Gasteiger partial charge in [0.05, 0.1) is 5.56 Å². The number of hydrogen-bond acceptors (Lipinski definition) is 4. The van der Waals surface area contributed by atoms with Gasteiger partial charge in [0.15, 0.2) is 0 Å². The van der Waals surface area contributed by atoms with Gasteiger partial charge in [-0.2, -0.15) is 0 Å². The van der Waals surface area contributed by atoms with Crippen molar-refractivity contribution in [3.05, 3.63) is 46.3 Å². The molecular weight excluding hydrogens is 328 g/mol. The predicted octanol–water partition coefficient (Wildman–Crippen LogP) is 3.65. The summed E-state index contributed by atoms with van der Waals surface area (Å²) in [5, 5.41) is 9.88. The monoisotopic (exact) mass is 338 g/mol. The van der Waals surface area contributed by atoms with E-state index in [-0.39, 0.29) is 5.56 Å². The van der Waals surface area contributed by atoms with Crippen molar-refractivity contribution >= 4 is 33.7 Å². The molecule has 1 N–H and O–H groups in total. The van der Waals surface area contributed by atoms with Crippen LogP contribution in [0.2, 0.25) is 0 Å². The minimum atomic E-state index is -0.953. The zero-order valence-electron chi connectivity index (χ0n) is 10.1. The van der Waals surface area contributed by atoms with Gasteiger partial charge >= 0.3 is 5.97 Å². The summed E-state index contributed by atoms with van der Waals surface area (Å²) in [5.41, 5.74) is 1.21. The van der Waals surface area contributed by atoms with Crippen LogP contribution >= 0.6 is 27.7 Å².